The highest BCUT2D eigenvalue weighted by molar-refractivity contribution is 6.30. The van der Waals surface area contributed by atoms with Gasteiger partial charge in [-0.15, -0.1) is 0 Å². The molecule has 100 valence electrons. The van der Waals surface area contributed by atoms with Crippen molar-refractivity contribution in [2.75, 3.05) is 13.2 Å². The van der Waals surface area contributed by atoms with E-state index < -0.39 is 0 Å². The molecule has 0 saturated heterocycles. The Morgan fingerprint density at radius 2 is 2.00 bits per heavy atom. The number of hydrogen-bond acceptors (Lipinski definition) is 4. The molecule has 4 nitrogen and oxygen atoms in total. The first kappa shape index (κ1) is 13.6. The summed E-state index contributed by atoms with van der Waals surface area (Å²) in [4.78, 5) is 8.73. The molecule has 0 unspecified atom stereocenters. The number of nitrogens with zero attached hydrogens (tertiary/aromatic N) is 2. The SMILES string of the molecule is Cc1c(Cl)nc(C2CC2)nc1OCCOC(C)C. The molecule has 2 rings (SSSR count). The Bertz CT molecular complexity index is 420. The van der Waals surface area contributed by atoms with Crippen molar-refractivity contribution >= 4 is 11.6 Å². The summed E-state index contributed by atoms with van der Waals surface area (Å²) in [5, 5.41) is 0.492. The summed E-state index contributed by atoms with van der Waals surface area (Å²) in [6.07, 6.45) is 2.51. The number of halogens is 1. The van der Waals surface area contributed by atoms with Crippen molar-refractivity contribution in [1.82, 2.24) is 9.97 Å². The van der Waals surface area contributed by atoms with Crippen molar-refractivity contribution < 1.29 is 9.47 Å². The largest absolute Gasteiger partial charge is 0.475 e. The third kappa shape index (κ3) is 3.56. The minimum Gasteiger partial charge on any atom is -0.475 e. The number of aromatic nitrogens is 2. The third-order valence-electron chi connectivity index (χ3n) is 2.77. The van der Waals surface area contributed by atoms with Crippen LogP contribution in [0.25, 0.3) is 0 Å². The van der Waals surface area contributed by atoms with Gasteiger partial charge in [-0.05, 0) is 33.6 Å². The average molecular weight is 271 g/mol. The van der Waals surface area contributed by atoms with E-state index in [0.717, 1.165) is 24.2 Å². The Hall–Kier alpha value is -0.870. The van der Waals surface area contributed by atoms with Crippen LogP contribution in [0.3, 0.4) is 0 Å². The fourth-order valence-electron chi connectivity index (χ4n) is 1.57. The Morgan fingerprint density at radius 1 is 1.28 bits per heavy atom. The maximum Gasteiger partial charge on any atom is 0.221 e. The van der Waals surface area contributed by atoms with Gasteiger partial charge < -0.3 is 9.47 Å². The highest BCUT2D eigenvalue weighted by Crippen LogP contribution is 2.39. The summed E-state index contributed by atoms with van der Waals surface area (Å²) < 4.78 is 11.0. The molecule has 1 aromatic rings. The predicted molar refractivity (Wildman–Crippen MR) is 70.3 cm³/mol. The summed E-state index contributed by atoms with van der Waals surface area (Å²) in [5.41, 5.74) is 0.797. The van der Waals surface area contributed by atoms with Gasteiger partial charge in [0.05, 0.1) is 12.7 Å². The van der Waals surface area contributed by atoms with E-state index in [2.05, 4.69) is 9.97 Å². The predicted octanol–water partition coefficient (Wildman–Crippen LogP) is 3.12. The molecule has 5 heteroatoms. The van der Waals surface area contributed by atoms with E-state index in [1.165, 1.54) is 0 Å². The van der Waals surface area contributed by atoms with Crippen molar-refractivity contribution in [2.45, 2.75) is 45.6 Å². The van der Waals surface area contributed by atoms with Gasteiger partial charge in [0.1, 0.15) is 17.6 Å². The lowest BCUT2D eigenvalue weighted by Crippen LogP contribution is -2.13. The van der Waals surface area contributed by atoms with Crippen LogP contribution in [0.5, 0.6) is 5.88 Å². The first-order valence-electron chi connectivity index (χ1n) is 6.36. The van der Waals surface area contributed by atoms with Gasteiger partial charge in [-0.2, -0.15) is 4.98 Å². The second-order valence-corrected chi connectivity index (χ2v) is 5.20. The molecule has 18 heavy (non-hydrogen) atoms. The van der Waals surface area contributed by atoms with Crippen LogP contribution < -0.4 is 4.74 Å². The Morgan fingerprint density at radius 3 is 2.61 bits per heavy atom. The Balaban J connectivity index is 1.97. The van der Waals surface area contributed by atoms with Crippen molar-refractivity contribution in [3.8, 4) is 5.88 Å². The number of rotatable bonds is 6. The fraction of sp³-hybridized carbons (Fsp3) is 0.692. The molecule has 1 aliphatic rings. The molecule has 0 bridgehead atoms. The van der Waals surface area contributed by atoms with E-state index in [1.807, 2.05) is 20.8 Å². The van der Waals surface area contributed by atoms with Crippen molar-refractivity contribution in [2.24, 2.45) is 0 Å². The molecule has 0 aromatic carbocycles. The van der Waals surface area contributed by atoms with E-state index in [9.17, 15) is 0 Å². The second-order valence-electron chi connectivity index (χ2n) is 4.85. The van der Waals surface area contributed by atoms with Gasteiger partial charge in [0.15, 0.2) is 0 Å². The summed E-state index contributed by atoms with van der Waals surface area (Å²) in [6, 6.07) is 0. The monoisotopic (exact) mass is 270 g/mol. The zero-order valence-electron chi connectivity index (χ0n) is 11.1. The summed E-state index contributed by atoms with van der Waals surface area (Å²) in [7, 11) is 0. The number of ether oxygens (including phenoxy) is 2. The topological polar surface area (TPSA) is 44.2 Å². The summed E-state index contributed by atoms with van der Waals surface area (Å²) in [6.45, 7) is 6.90. The van der Waals surface area contributed by atoms with Crippen molar-refractivity contribution in [3.05, 3.63) is 16.5 Å². The number of hydrogen-bond donors (Lipinski definition) is 0. The second kappa shape index (κ2) is 5.85. The van der Waals surface area contributed by atoms with E-state index in [1.54, 1.807) is 0 Å². The van der Waals surface area contributed by atoms with E-state index >= 15 is 0 Å². The van der Waals surface area contributed by atoms with Crippen molar-refractivity contribution in [1.29, 1.82) is 0 Å². The molecule has 0 atom stereocenters. The van der Waals surface area contributed by atoms with E-state index in [4.69, 9.17) is 21.1 Å². The molecule has 1 aliphatic carbocycles. The highest BCUT2D eigenvalue weighted by Gasteiger charge is 2.28. The minimum atomic E-state index is 0.214. The molecule has 0 aliphatic heterocycles. The lowest BCUT2D eigenvalue weighted by molar-refractivity contribution is 0.0540. The van der Waals surface area contributed by atoms with Gasteiger partial charge in [-0.25, -0.2) is 4.98 Å². The molecule has 0 N–H and O–H groups in total. The highest BCUT2D eigenvalue weighted by atomic mass is 35.5. The van der Waals surface area contributed by atoms with Crippen LogP contribution in [0.2, 0.25) is 5.15 Å². The van der Waals surface area contributed by atoms with E-state index in [-0.39, 0.29) is 6.10 Å². The van der Waals surface area contributed by atoms with Crippen LogP contribution in [-0.2, 0) is 4.74 Å². The van der Waals surface area contributed by atoms with Crippen LogP contribution in [0.1, 0.15) is 44.0 Å². The van der Waals surface area contributed by atoms with Gasteiger partial charge in [0, 0.05) is 11.5 Å². The first-order chi connectivity index (χ1) is 8.58. The van der Waals surface area contributed by atoms with Gasteiger partial charge >= 0.3 is 0 Å². The van der Waals surface area contributed by atoms with Gasteiger partial charge in [0.25, 0.3) is 0 Å². The lowest BCUT2D eigenvalue weighted by Gasteiger charge is -2.11. The van der Waals surface area contributed by atoms with E-state index in [0.29, 0.717) is 30.2 Å². The van der Waals surface area contributed by atoms with Crippen LogP contribution in [0.15, 0.2) is 0 Å². The van der Waals surface area contributed by atoms with Crippen LogP contribution in [-0.4, -0.2) is 29.3 Å². The molecular formula is C13H19ClN2O2. The van der Waals surface area contributed by atoms with Gasteiger partial charge in [0.2, 0.25) is 5.88 Å². The maximum absolute atomic E-state index is 6.09. The lowest BCUT2D eigenvalue weighted by atomic mass is 10.3. The maximum atomic E-state index is 6.09. The average Bonchev–Trinajstić information content (AvgIpc) is 3.13. The molecule has 0 spiro atoms. The molecule has 1 aromatic heterocycles. The van der Waals surface area contributed by atoms with Gasteiger partial charge in [-0.3, -0.25) is 0 Å². The summed E-state index contributed by atoms with van der Waals surface area (Å²) >= 11 is 6.09. The Labute approximate surface area is 113 Å². The molecule has 1 fully saturated rings. The first-order valence-corrected chi connectivity index (χ1v) is 6.74. The molecule has 0 amide bonds. The molecule has 0 radical (unpaired) electrons. The molecule has 1 saturated carbocycles. The van der Waals surface area contributed by atoms with Crippen LogP contribution in [0, 0.1) is 6.92 Å². The smallest absolute Gasteiger partial charge is 0.221 e. The van der Waals surface area contributed by atoms with Crippen LogP contribution >= 0.6 is 11.6 Å². The standard InChI is InChI=1S/C13H19ClN2O2/c1-8(2)17-6-7-18-13-9(3)11(14)15-12(16-13)10-4-5-10/h8,10H,4-7H2,1-3H3. The third-order valence-corrected chi connectivity index (χ3v) is 3.14. The minimum absolute atomic E-state index is 0.214. The zero-order valence-corrected chi connectivity index (χ0v) is 11.8. The van der Waals surface area contributed by atoms with Gasteiger partial charge in [-0.1, -0.05) is 11.6 Å². The van der Waals surface area contributed by atoms with Crippen molar-refractivity contribution in [3.63, 3.8) is 0 Å². The Kier molecular flexibility index (Phi) is 4.40. The zero-order chi connectivity index (χ0) is 13.1. The molecular weight excluding hydrogens is 252 g/mol. The molecule has 1 heterocycles. The quantitative estimate of drug-likeness (QED) is 0.588. The summed E-state index contributed by atoms with van der Waals surface area (Å²) in [5.74, 6) is 1.87. The normalized spacial score (nSPS) is 15.2. The fourth-order valence-corrected chi connectivity index (χ4v) is 1.74. The van der Waals surface area contributed by atoms with Crippen LogP contribution in [0.4, 0.5) is 0 Å².